The number of benzene rings is 1. The van der Waals surface area contributed by atoms with Gasteiger partial charge in [0.05, 0.1) is 6.04 Å². The molecule has 0 radical (unpaired) electrons. The van der Waals surface area contributed by atoms with Gasteiger partial charge in [-0.2, -0.15) is 0 Å². The smallest absolute Gasteiger partial charge is 0.243 e. The van der Waals surface area contributed by atoms with Crippen molar-refractivity contribution in [2.45, 2.75) is 88.4 Å². The first-order chi connectivity index (χ1) is 20.0. The number of rotatable bonds is 19. The number of guanidine groups is 1. The minimum absolute atomic E-state index is 0.0734. The fraction of sp³-hybridized carbons (Fsp3) is 0.621. The minimum Gasteiger partial charge on any atom is -0.370 e. The van der Waals surface area contributed by atoms with Crippen molar-refractivity contribution in [2.24, 2.45) is 45.0 Å². The Morgan fingerprint density at radius 1 is 0.833 bits per heavy atom. The molecular weight excluding hydrogens is 538 g/mol. The molecule has 0 aliphatic heterocycles. The minimum atomic E-state index is -1.04. The lowest BCUT2D eigenvalue weighted by Gasteiger charge is -2.62. The quantitative estimate of drug-likeness (QED) is 0.0559. The second-order valence-electron chi connectivity index (χ2n) is 11.8. The number of nitrogens with zero attached hydrogens (tertiary/aromatic N) is 1. The van der Waals surface area contributed by atoms with Crippen LogP contribution in [0.5, 0.6) is 0 Å². The van der Waals surface area contributed by atoms with Gasteiger partial charge >= 0.3 is 0 Å². The van der Waals surface area contributed by atoms with Crippen LogP contribution in [0.4, 0.5) is 0 Å². The molecule has 3 fully saturated rings. The summed E-state index contributed by atoms with van der Waals surface area (Å²) in [6.45, 7) is 0.711. The molecule has 13 nitrogen and oxygen atoms in total. The lowest BCUT2D eigenvalue weighted by Crippen LogP contribution is -2.59. The van der Waals surface area contributed by atoms with Crippen LogP contribution in [0.25, 0.3) is 0 Å². The molecule has 2 bridgehead atoms. The Morgan fingerprint density at radius 3 is 2.00 bits per heavy atom. The first-order valence-corrected chi connectivity index (χ1v) is 14.8. The van der Waals surface area contributed by atoms with E-state index in [9.17, 15) is 19.2 Å². The Morgan fingerprint density at radius 2 is 1.43 bits per heavy atom. The van der Waals surface area contributed by atoms with Gasteiger partial charge in [0.1, 0.15) is 18.1 Å². The first kappa shape index (κ1) is 32.8. The molecule has 13 heteroatoms. The fourth-order valence-corrected chi connectivity index (χ4v) is 5.90. The molecule has 0 heterocycles. The van der Waals surface area contributed by atoms with Crippen molar-refractivity contribution in [2.75, 3.05) is 13.1 Å². The van der Waals surface area contributed by atoms with Crippen LogP contribution in [0.1, 0.15) is 63.4 Å². The molecule has 0 spiro atoms. The summed E-state index contributed by atoms with van der Waals surface area (Å²) in [5.74, 6) is -1.52. The Bertz CT molecular complexity index is 1090. The predicted molar refractivity (Wildman–Crippen MR) is 160 cm³/mol. The summed E-state index contributed by atoms with van der Waals surface area (Å²) in [5, 5.41) is 8.26. The van der Waals surface area contributed by atoms with Crippen LogP contribution in [0, 0.1) is 11.3 Å². The largest absolute Gasteiger partial charge is 0.370 e. The SMILES string of the molecule is NCCCCC(NC(=O)C(Cc1ccccc1)NC(=O)C(CCCN=C(N)N)NC(=O)C(N)CC12CC(C1)C2)C(N)=O. The van der Waals surface area contributed by atoms with Gasteiger partial charge in [-0.05, 0) is 81.2 Å². The van der Waals surface area contributed by atoms with Crippen molar-refractivity contribution >= 4 is 29.6 Å². The van der Waals surface area contributed by atoms with E-state index in [0.717, 1.165) is 30.7 Å². The highest BCUT2D eigenvalue weighted by Crippen LogP contribution is 2.66. The molecule has 0 saturated heterocycles. The van der Waals surface area contributed by atoms with Crippen molar-refractivity contribution < 1.29 is 19.2 Å². The molecule has 4 rings (SSSR count). The second-order valence-corrected chi connectivity index (χ2v) is 11.8. The molecule has 1 aromatic carbocycles. The molecule has 4 unspecified atom stereocenters. The zero-order valence-corrected chi connectivity index (χ0v) is 24.2. The fourth-order valence-electron chi connectivity index (χ4n) is 5.90. The van der Waals surface area contributed by atoms with Gasteiger partial charge in [0, 0.05) is 13.0 Å². The van der Waals surface area contributed by atoms with E-state index in [1.807, 2.05) is 30.3 Å². The molecule has 0 aromatic heterocycles. The zero-order valence-electron chi connectivity index (χ0n) is 24.2. The average molecular weight is 586 g/mol. The van der Waals surface area contributed by atoms with Gasteiger partial charge in [-0.3, -0.25) is 24.2 Å². The zero-order chi connectivity index (χ0) is 30.7. The predicted octanol–water partition coefficient (Wildman–Crippen LogP) is -1.13. The third kappa shape index (κ3) is 9.69. The number of hydrogen-bond acceptors (Lipinski definition) is 7. The number of hydrogen-bond donors (Lipinski definition) is 8. The topological polar surface area (TPSA) is 247 Å². The van der Waals surface area contributed by atoms with E-state index in [-0.39, 0.29) is 30.8 Å². The van der Waals surface area contributed by atoms with Crippen LogP contribution in [-0.4, -0.2) is 66.8 Å². The number of carbonyl (C=O) groups is 4. The maximum atomic E-state index is 13.6. The Kier molecular flexibility index (Phi) is 12.1. The van der Waals surface area contributed by atoms with Gasteiger partial charge in [-0.1, -0.05) is 30.3 Å². The van der Waals surface area contributed by atoms with Gasteiger partial charge in [0.15, 0.2) is 5.96 Å². The van der Waals surface area contributed by atoms with Crippen LogP contribution >= 0.6 is 0 Å². The lowest BCUT2D eigenvalue weighted by atomic mass is 9.43. The van der Waals surface area contributed by atoms with E-state index >= 15 is 0 Å². The molecule has 3 aliphatic carbocycles. The standard InChI is InChI=1S/C29H47N9O4/c30-11-5-4-9-21(24(32)39)36-27(42)23(13-18-7-2-1-3-8-18)38-26(41)22(10-6-12-35-28(33)34)37-25(40)20(31)17-29-14-19(15-29)16-29/h1-3,7-8,19-23H,4-6,9-17,30-31H2,(H2,32,39)(H,36,42)(H,37,40)(H,38,41)(H4,33,34,35). The lowest BCUT2D eigenvalue weighted by molar-refractivity contribution is -0.138. The summed E-state index contributed by atoms with van der Waals surface area (Å²) in [4.78, 5) is 56.1. The van der Waals surface area contributed by atoms with Crippen LogP contribution in [0.15, 0.2) is 35.3 Å². The highest BCUT2D eigenvalue weighted by Gasteiger charge is 2.57. The molecule has 42 heavy (non-hydrogen) atoms. The maximum absolute atomic E-state index is 13.6. The second kappa shape index (κ2) is 15.5. The third-order valence-electron chi connectivity index (χ3n) is 8.26. The number of nitrogens with one attached hydrogen (secondary N) is 3. The van der Waals surface area contributed by atoms with E-state index in [2.05, 4.69) is 20.9 Å². The molecular formula is C29H47N9O4. The van der Waals surface area contributed by atoms with Crippen LogP contribution in [0.2, 0.25) is 0 Å². The number of nitrogens with two attached hydrogens (primary N) is 5. The summed E-state index contributed by atoms with van der Waals surface area (Å²) in [7, 11) is 0. The summed E-state index contributed by atoms with van der Waals surface area (Å²) in [6.07, 6.45) is 6.27. The van der Waals surface area contributed by atoms with Crippen LogP contribution in [-0.2, 0) is 25.6 Å². The van der Waals surface area contributed by atoms with E-state index in [4.69, 9.17) is 28.7 Å². The van der Waals surface area contributed by atoms with Gasteiger partial charge in [0.25, 0.3) is 0 Å². The molecule has 3 aliphatic rings. The molecule has 3 saturated carbocycles. The van der Waals surface area contributed by atoms with Crippen molar-refractivity contribution in [1.82, 2.24) is 16.0 Å². The number of amides is 4. The van der Waals surface area contributed by atoms with Gasteiger partial charge in [0.2, 0.25) is 23.6 Å². The monoisotopic (exact) mass is 585 g/mol. The van der Waals surface area contributed by atoms with Crippen LogP contribution < -0.4 is 44.6 Å². The van der Waals surface area contributed by atoms with Crippen molar-refractivity contribution in [3.63, 3.8) is 0 Å². The third-order valence-corrected chi connectivity index (χ3v) is 8.26. The summed E-state index contributed by atoms with van der Waals surface area (Å²) >= 11 is 0. The molecule has 4 amide bonds. The van der Waals surface area contributed by atoms with E-state index in [1.165, 1.54) is 0 Å². The Balaban J connectivity index is 1.72. The van der Waals surface area contributed by atoms with E-state index in [1.54, 1.807) is 0 Å². The number of primary amides is 1. The average Bonchev–Trinajstić information content (AvgIpc) is 2.90. The molecule has 13 N–H and O–H groups in total. The first-order valence-electron chi connectivity index (χ1n) is 14.8. The normalized spacial score (nSPS) is 21.3. The van der Waals surface area contributed by atoms with Gasteiger partial charge < -0.3 is 44.6 Å². The highest BCUT2D eigenvalue weighted by molar-refractivity contribution is 5.94. The van der Waals surface area contributed by atoms with Crippen LogP contribution in [0.3, 0.4) is 0 Å². The molecule has 232 valence electrons. The van der Waals surface area contributed by atoms with E-state index in [0.29, 0.717) is 38.6 Å². The van der Waals surface area contributed by atoms with Crippen molar-refractivity contribution in [3.8, 4) is 0 Å². The van der Waals surface area contributed by atoms with Crippen molar-refractivity contribution in [3.05, 3.63) is 35.9 Å². The molecule has 1 aromatic rings. The Hall–Kier alpha value is -3.71. The summed E-state index contributed by atoms with van der Waals surface area (Å²) < 4.78 is 0. The number of aliphatic imine (C=N–C) groups is 1. The maximum Gasteiger partial charge on any atom is 0.243 e. The number of unbranched alkanes of at least 4 members (excludes halogenated alkanes) is 1. The number of carbonyl (C=O) groups excluding carboxylic acids is 4. The van der Waals surface area contributed by atoms with Gasteiger partial charge in [-0.25, -0.2) is 0 Å². The Labute approximate surface area is 247 Å². The summed E-state index contributed by atoms with van der Waals surface area (Å²) in [6, 6.07) is 5.48. The highest BCUT2D eigenvalue weighted by atomic mass is 16.2. The molecule has 4 atom stereocenters. The van der Waals surface area contributed by atoms with E-state index < -0.39 is 47.8 Å². The van der Waals surface area contributed by atoms with Crippen molar-refractivity contribution in [1.29, 1.82) is 0 Å². The summed E-state index contributed by atoms with van der Waals surface area (Å²) in [5.41, 5.74) is 29.1. The van der Waals surface area contributed by atoms with Gasteiger partial charge in [-0.15, -0.1) is 0 Å².